The molecule has 0 aliphatic rings. The van der Waals surface area contributed by atoms with E-state index in [0.717, 1.165) is 18.5 Å². The molecule has 0 aliphatic heterocycles. The van der Waals surface area contributed by atoms with Crippen molar-refractivity contribution in [1.82, 2.24) is 9.55 Å². The van der Waals surface area contributed by atoms with Crippen molar-refractivity contribution in [3.63, 3.8) is 0 Å². The van der Waals surface area contributed by atoms with E-state index in [0.29, 0.717) is 5.92 Å². The molecule has 0 saturated heterocycles. The van der Waals surface area contributed by atoms with Gasteiger partial charge in [-0.3, -0.25) is 0 Å². The topological polar surface area (TPSA) is 43.8 Å². The molecule has 80 valence electrons. The summed E-state index contributed by atoms with van der Waals surface area (Å²) in [6, 6.07) is 6.46. The van der Waals surface area contributed by atoms with Gasteiger partial charge < -0.3 is 10.3 Å². The first kappa shape index (κ1) is 10.2. The fourth-order valence-electron chi connectivity index (χ4n) is 1.88. The molecule has 3 nitrogen and oxygen atoms in total. The number of aromatic nitrogens is 2. The van der Waals surface area contributed by atoms with Gasteiger partial charge in [0.15, 0.2) is 0 Å². The molecule has 3 heteroatoms. The summed E-state index contributed by atoms with van der Waals surface area (Å²) in [7, 11) is 2.01. The third-order valence-electron chi connectivity index (χ3n) is 2.92. The maximum Gasteiger partial charge on any atom is 0.0955 e. The van der Waals surface area contributed by atoms with Gasteiger partial charge in [-0.25, -0.2) is 4.98 Å². The van der Waals surface area contributed by atoms with E-state index < -0.39 is 0 Å². The second kappa shape index (κ2) is 4.03. The van der Waals surface area contributed by atoms with Gasteiger partial charge in [0.05, 0.1) is 17.4 Å². The number of nitrogens with zero attached hydrogens (tertiary/aromatic N) is 2. The van der Waals surface area contributed by atoms with E-state index in [4.69, 9.17) is 5.73 Å². The van der Waals surface area contributed by atoms with E-state index >= 15 is 0 Å². The lowest BCUT2D eigenvalue weighted by Gasteiger charge is -2.10. The largest absolute Gasteiger partial charge is 0.334 e. The first-order valence-electron chi connectivity index (χ1n) is 5.33. The summed E-state index contributed by atoms with van der Waals surface area (Å²) in [5.74, 6) is 0.515. The van der Waals surface area contributed by atoms with E-state index in [1.807, 2.05) is 17.9 Å². The van der Waals surface area contributed by atoms with E-state index in [-0.39, 0.29) is 0 Å². The Kier molecular flexibility index (Phi) is 2.73. The Morgan fingerprint density at radius 3 is 3.00 bits per heavy atom. The van der Waals surface area contributed by atoms with Crippen molar-refractivity contribution in [3.8, 4) is 0 Å². The highest BCUT2D eigenvalue weighted by atomic mass is 15.0. The van der Waals surface area contributed by atoms with E-state index in [1.54, 1.807) is 0 Å². The van der Waals surface area contributed by atoms with Crippen LogP contribution in [0.3, 0.4) is 0 Å². The maximum atomic E-state index is 5.56. The molecule has 1 aromatic carbocycles. The summed E-state index contributed by atoms with van der Waals surface area (Å²) < 4.78 is 2.03. The molecular weight excluding hydrogens is 186 g/mol. The molecule has 1 heterocycles. The molecule has 1 unspecified atom stereocenters. The van der Waals surface area contributed by atoms with Crippen LogP contribution < -0.4 is 5.73 Å². The quantitative estimate of drug-likeness (QED) is 0.829. The Labute approximate surface area is 89.9 Å². The number of hydrogen-bond donors (Lipinski definition) is 1. The lowest BCUT2D eigenvalue weighted by atomic mass is 9.97. The predicted molar refractivity (Wildman–Crippen MR) is 62.8 cm³/mol. The van der Waals surface area contributed by atoms with Gasteiger partial charge in [0.1, 0.15) is 0 Å². The van der Waals surface area contributed by atoms with Crippen LogP contribution in [-0.4, -0.2) is 16.1 Å². The zero-order valence-electron chi connectivity index (χ0n) is 9.27. The van der Waals surface area contributed by atoms with Gasteiger partial charge in [-0.15, -0.1) is 0 Å². The summed E-state index contributed by atoms with van der Waals surface area (Å²) in [6.07, 6.45) is 2.88. The Morgan fingerprint density at radius 1 is 1.47 bits per heavy atom. The zero-order chi connectivity index (χ0) is 10.8. The molecule has 15 heavy (non-hydrogen) atoms. The standard InChI is InChI=1S/C12H17N3/c1-9(5-6-13)10-3-4-12-11(7-10)14-8-15(12)2/h3-4,7-9H,5-6,13H2,1-2H3. The van der Waals surface area contributed by atoms with Crippen molar-refractivity contribution in [3.05, 3.63) is 30.1 Å². The molecule has 0 fully saturated rings. The monoisotopic (exact) mass is 203 g/mol. The van der Waals surface area contributed by atoms with Gasteiger partial charge in [0.2, 0.25) is 0 Å². The van der Waals surface area contributed by atoms with Crippen molar-refractivity contribution in [1.29, 1.82) is 0 Å². The number of benzene rings is 1. The number of aryl methyl sites for hydroxylation is 1. The molecule has 1 aromatic heterocycles. The molecule has 2 rings (SSSR count). The van der Waals surface area contributed by atoms with Crippen molar-refractivity contribution in [2.75, 3.05) is 6.54 Å². The number of imidazole rings is 1. The first-order chi connectivity index (χ1) is 7.22. The molecule has 0 amide bonds. The minimum atomic E-state index is 0.515. The smallest absolute Gasteiger partial charge is 0.0955 e. The van der Waals surface area contributed by atoms with Crippen molar-refractivity contribution < 1.29 is 0 Å². The molecular formula is C12H17N3. The van der Waals surface area contributed by atoms with Gasteiger partial charge in [-0.05, 0) is 36.6 Å². The Balaban J connectivity index is 2.38. The summed E-state index contributed by atoms with van der Waals surface area (Å²) in [5.41, 5.74) is 9.14. The minimum Gasteiger partial charge on any atom is -0.334 e. The van der Waals surface area contributed by atoms with Crippen LogP contribution >= 0.6 is 0 Å². The third kappa shape index (κ3) is 1.88. The van der Waals surface area contributed by atoms with E-state index in [9.17, 15) is 0 Å². The summed E-state index contributed by atoms with van der Waals surface area (Å²) in [5, 5.41) is 0. The van der Waals surface area contributed by atoms with E-state index in [1.165, 1.54) is 11.1 Å². The second-order valence-electron chi connectivity index (χ2n) is 4.08. The highest BCUT2D eigenvalue weighted by molar-refractivity contribution is 5.76. The number of rotatable bonds is 3. The number of fused-ring (bicyclic) bond motifs is 1. The van der Waals surface area contributed by atoms with Crippen LogP contribution in [0.5, 0.6) is 0 Å². The third-order valence-corrected chi connectivity index (χ3v) is 2.92. The van der Waals surface area contributed by atoms with Crippen LogP contribution in [0.15, 0.2) is 24.5 Å². The van der Waals surface area contributed by atoms with Crippen LogP contribution in [0.1, 0.15) is 24.8 Å². The summed E-state index contributed by atoms with van der Waals surface area (Å²) in [4.78, 5) is 4.35. The van der Waals surface area contributed by atoms with Crippen LogP contribution in [-0.2, 0) is 7.05 Å². The van der Waals surface area contributed by atoms with Gasteiger partial charge in [0.25, 0.3) is 0 Å². The Morgan fingerprint density at radius 2 is 2.27 bits per heavy atom. The Hall–Kier alpha value is -1.35. The normalized spacial score (nSPS) is 13.3. The zero-order valence-corrected chi connectivity index (χ0v) is 9.27. The number of hydrogen-bond acceptors (Lipinski definition) is 2. The lowest BCUT2D eigenvalue weighted by Crippen LogP contribution is -2.04. The Bertz CT molecular complexity index is 459. The van der Waals surface area contributed by atoms with Crippen LogP contribution in [0.2, 0.25) is 0 Å². The molecule has 2 aromatic rings. The lowest BCUT2D eigenvalue weighted by molar-refractivity contribution is 0.691. The molecule has 0 bridgehead atoms. The maximum absolute atomic E-state index is 5.56. The van der Waals surface area contributed by atoms with E-state index in [2.05, 4.69) is 30.1 Å². The molecule has 0 saturated carbocycles. The van der Waals surface area contributed by atoms with Gasteiger partial charge in [-0.2, -0.15) is 0 Å². The van der Waals surface area contributed by atoms with Crippen LogP contribution in [0.4, 0.5) is 0 Å². The number of nitrogens with two attached hydrogens (primary N) is 1. The summed E-state index contributed by atoms with van der Waals surface area (Å²) in [6.45, 7) is 2.94. The molecule has 0 spiro atoms. The molecule has 0 aliphatic carbocycles. The van der Waals surface area contributed by atoms with Gasteiger partial charge in [-0.1, -0.05) is 13.0 Å². The fourth-order valence-corrected chi connectivity index (χ4v) is 1.88. The highest BCUT2D eigenvalue weighted by Gasteiger charge is 2.06. The van der Waals surface area contributed by atoms with Crippen molar-refractivity contribution in [2.45, 2.75) is 19.3 Å². The fraction of sp³-hybridized carbons (Fsp3) is 0.417. The molecule has 1 atom stereocenters. The van der Waals surface area contributed by atoms with Gasteiger partial charge >= 0.3 is 0 Å². The first-order valence-corrected chi connectivity index (χ1v) is 5.33. The average Bonchev–Trinajstić information content (AvgIpc) is 2.60. The second-order valence-corrected chi connectivity index (χ2v) is 4.08. The van der Waals surface area contributed by atoms with Crippen molar-refractivity contribution in [2.24, 2.45) is 12.8 Å². The van der Waals surface area contributed by atoms with Crippen LogP contribution in [0, 0.1) is 0 Å². The summed E-state index contributed by atoms with van der Waals surface area (Å²) >= 11 is 0. The van der Waals surface area contributed by atoms with Crippen molar-refractivity contribution >= 4 is 11.0 Å². The molecule has 2 N–H and O–H groups in total. The minimum absolute atomic E-state index is 0.515. The van der Waals surface area contributed by atoms with Gasteiger partial charge in [0, 0.05) is 7.05 Å². The average molecular weight is 203 g/mol. The predicted octanol–water partition coefficient (Wildman–Crippen LogP) is 2.03. The SMILES string of the molecule is CC(CCN)c1ccc2c(c1)ncn2C. The molecule has 0 radical (unpaired) electrons. The highest BCUT2D eigenvalue weighted by Crippen LogP contribution is 2.22. The van der Waals surface area contributed by atoms with Crippen LogP contribution in [0.25, 0.3) is 11.0 Å².